The SMILES string of the molecule is CC(C)CC(C)(CN)Nc1cccc(F)c1C(N)=O. The molecule has 0 bridgehead atoms. The molecule has 1 aromatic carbocycles. The largest absolute Gasteiger partial charge is 0.378 e. The van der Waals surface area contributed by atoms with Gasteiger partial charge in [-0.25, -0.2) is 4.39 Å². The first-order chi connectivity index (χ1) is 8.79. The lowest BCUT2D eigenvalue weighted by molar-refractivity contribution is 0.0997. The second-order valence-corrected chi connectivity index (χ2v) is 5.51. The molecule has 1 rings (SSSR count). The van der Waals surface area contributed by atoms with Gasteiger partial charge < -0.3 is 16.8 Å². The van der Waals surface area contributed by atoms with Crippen LogP contribution < -0.4 is 16.8 Å². The van der Waals surface area contributed by atoms with Crippen molar-refractivity contribution < 1.29 is 9.18 Å². The number of benzene rings is 1. The number of rotatable bonds is 6. The molecule has 0 aromatic heterocycles. The zero-order chi connectivity index (χ0) is 14.6. The van der Waals surface area contributed by atoms with E-state index in [2.05, 4.69) is 19.2 Å². The van der Waals surface area contributed by atoms with Gasteiger partial charge in [-0.05, 0) is 31.4 Å². The Morgan fingerprint density at radius 2 is 2.11 bits per heavy atom. The summed E-state index contributed by atoms with van der Waals surface area (Å²) in [5.74, 6) is -0.988. The van der Waals surface area contributed by atoms with Gasteiger partial charge in [0.15, 0.2) is 0 Å². The highest BCUT2D eigenvalue weighted by molar-refractivity contribution is 5.98. The average Bonchev–Trinajstić information content (AvgIpc) is 2.27. The summed E-state index contributed by atoms with van der Waals surface area (Å²) in [6.07, 6.45) is 0.804. The molecule has 0 spiro atoms. The van der Waals surface area contributed by atoms with Crippen LogP contribution in [0.5, 0.6) is 0 Å². The Morgan fingerprint density at radius 1 is 1.47 bits per heavy atom. The number of anilines is 1. The monoisotopic (exact) mass is 267 g/mol. The first kappa shape index (κ1) is 15.4. The fourth-order valence-electron chi connectivity index (χ4n) is 2.29. The number of carbonyl (C=O) groups excluding carboxylic acids is 1. The normalized spacial score (nSPS) is 14.2. The van der Waals surface area contributed by atoms with E-state index in [4.69, 9.17) is 11.5 Å². The molecule has 0 saturated carbocycles. The third kappa shape index (κ3) is 3.92. The highest BCUT2D eigenvalue weighted by Gasteiger charge is 2.26. The minimum absolute atomic E-state index is 0.120. The average molecular weight is 267 g/mol. The molecule has 1 atom stereocenters. The van der Waals surface area contributed by atoms with Crippen molar-refractivity contribution in [2.45, 2.75) is 32.7 Å². The number of halogens is 1. The lowest BCUT2D eigenvalue weighted by Gasteiger charge is -2.33. The van der Waals surface area contributed by atoms with Gasteiger partial charge in [0.2, 0.25) is 0 Å². The third-order valence-corrected chi connectivity index (χ3v) is 3.01. The van der Waals surface area contributed by atoms with Crippen molar-refractivity contribution in [2.75, 3.05) is 11.9 Å². The Kier molecular flexibility index (Phi) is 4.89. The highest BCUT2D eigenvalue weighted by atomic mass is 19.1. The van der Waals surface area contributed by atoms with Gasteiger partial charge >= 0.3 is 0 Å². The predicted octanol–water partition coefficient (Wildman–Crippen LogP) is 2.10. The number of nitrogens with two attached hydrogens (primary N) is 2. The minimum Gasteiger partial charge on any atom is -0.378 e. The van der Waals surface area contributed by atoms with Gasteiger partial charge in [-0.15, -0.1) is 0 Å². The Labute approximate surface area is 113 Å². The zero-order valence-corrected chi connectivity index (χ0v) is 11.7. The fraction of sp³-hybridized carbons (Fsp3) is 0.500. The molecule has 1 amide bonds. The molecule has 1 aromatic rings. The molecule has 0 aliphatic rings. The predicted molar refractivity (Wildman–Crippen MR) is 75.5 cm³/mol. The molecule has 0 saturated heterocycles. The van der Waals surface area contributed by atoms with Gasteiger partial charge in [0.1, 0.15) is 5.82 Å². The van der Waals surface area contributed by atoms with E-state index in [0.29, 0.717) is 18.2 Å². The molecule has 1 unspecified atom stereocenters. The lowest BCUT2D eigenvalue weighted by Crippen LogP contribution is -2.44. The second-order valence-electron chi connectivity index (χ2n) is 5.51. The molecule has 4 nitrogen and oxygen atoms in total. The van der Waals surface area contributed by atoms with Crippen molar-refractivity contribution in [3.63, 3.8) is 0 Å². The van der Waals surface area contributed by atoms with Crippen molar-refractivity contribution in [1.29, 1.82) is 0 Å². The molecule has 0 heterocycles. The Hall–Kier alpha value is -1.62. The summed E-state index contributed by atoms with van der Waals surface area (Å²) in [4.78, 5) is 11.3. The topological polar surface area (TPSA) is 81.1 Å². The molecule has 106 valence electrons. The van der Waals surface area contributed by atoms with Crippen LogP contribution in [0.1, 0.15) is 37.6 Å². The molecular weight excluding hydrogens is 245 g/mol. The quantitative estimate of drug-likeness (QED) is 0.738. The van der Waals surface area contributed by atoms with Crippen LogP contribution in [0.15, 0.2) is 18.2 Å². The van der Waals surface area contributed by atoms with Gasteiger partial charge in [0.25, 0.3) is 5.91 Å². The Bertz CT molecular complexity index is 462. The van der Waals surface area contributed by atoms with Gasteiger partial charge in [0.05, 0.1) is 11.3 Å². The van der Waals surface area contributed by atoms with Crippen molar-refractivity contribution in [3.05, 3.63) is 29.6 Å². The summed E-state index contributed by atoms with van der Waals surface area (Å²) in [6, 6.07) is 4.39. The Balaban J connectivity index is 3.10. The van der Waals surface area contributed by atoms with Crippen LogP contribution in [0.2, 0.25) is 0 Å². The standard InChI is InChI=1S/C14H22FN3O/c1-9(2)7-14(3,8-16)18-11-6-4-5-10(15)12(11)13(17)19/h4-6,9,18H,7-8,16H2,1-3H3,(H2,17,19). The summed E-state index contributed by atoms with van der Waals surface area (Å²) >= 11 is 0. The molecule has 5 N–H and O–H groups in total. The van der Waals surface area contributed by atoms with Crippen LogP contribution in [0.4, 0.5) is 10.1 Å². The molecule has 0 aliphatic carbocycles. The summed E-state index contributed by atoms with van der Waals surface area (Å²) in [5.41, 5.74) is 10.9. The van der Waals surface area contributed by atoms with Gasteiger partial charge in [0, 0.05) is 12.1 Å². The first-order valence-electron chi connectivity index (χ1n) is 6.35. The zero-order valence-electron chi connectivity index (χ0n) is 11.7. The van der Waals surface area contributed by atoms with Crippen LogP contribution in [0.25, 0.3) is 0 Å². The first-order valence-corrected chi connectivity index (χ1v) is 6.35. The lowest BCUT2D eigenvalue weighted by atomic mass is 9.90. The summed E-state index contributed by atoms with van der Waals surface area (Å²) in [6.45, 7) is 6.48. The summed E-state index contributed by atoms with van der Waals surface area (Å²) in [7, 11) is 0. The fourth-order valence-corrected chi connectivity index (χ4v) is 2.29. The summed E-state index contributed by atoms with van der Waals surface area (Å²) in [5, 5.41) is 3.16. The van der Waals surface area contributed by atoms with Crippen LogP contribution in [-0.2, 0) is 0 Å². The maximum absolute atomic E-state index is 13.7. The smallest absolute Gasteiger partial charge is 0.253 e. The Morgan fingerprint density at radius 3 is 2.58 bits per heavy atom. The third-order valence-electron chi connectivity index (χ3n) is 3.01. The van der Waals surface area contributed by atoms with Crippen LogP contribution in [-0.4, -0.2) is 18.0 Å². The molecule has 5 heteroatoms. The number of amides is 1. The number of carbonyl (C=O) groups is 1. The van der Waals surface area contributed by atoms with Crippen molar-refractivity contribution in [1.82, 2.24) is 0 Å². The van der Waals surface area contributed by atoms with Crippen molar-refractivity contribution in [3.8, 4) is 0 Å². The number of nitrogens with one attached hydrogen (secondary N) is 1. The number of hydrogen-bond donors (Lipinski definition) is 3. The van der Waals surface area contributed by atoms with E-state index in [-0.39, 0.29) is 5.56 Å². The maximum atomic E-state index is 13.7. The summed E-state index contributed by atoms with van der Waals surface area (Å²) < 4.78 is 13.7. The van der Waals surface area contributed by atoms with Crippen molar-refractivity contribution >= 4 is 11.6 Å². The van der Waals surface area contributed by atoms with Gasteiger partial charge in [-0.1, -0.05) is 19.9 Å². The van der Waals surface area contributed by atoms with E-state index in [1.165, 1.54) is 12.1 Å². The van der Waals surface area contributed by atoms with Crippen molar-refractivity contribution in [2.24, 2.45) is 17.4 Å². The molecule has 19 heavy (non-hydrogen) atoms. The van der Waals surface area contributed by atoms with Gasteiger partial charge in [-0.2, -0.15) is 0 Å². The van der Waals surface area contributed by atoms with E-state index < -0.39 is 17.3 Å². The molecule has 0 fully saturated rings. The molecule has 0 radical (unpaired) electrons. The second kappa shape index (κ2) is 6.02. The van der Waals surface area contributed by atoms with Gasteiger partial charge in [-0.3, -0.25) is 4.79 Å². The van der Waals surface area contributed by atoms with E-state index in [9.17, 15) is 9.18 Å². The molecular formula is C14H22FN3O. The van der Waals surface area contributed by atoms with E-state index >= 15 is 0 Å². The van der Waals surface area contributed by atoms with E-state index in [1.807, 2.05) is 6.92 Å². The number of hydrogen-bond acceptors (Lipinski definition) is 3. The van der Waals surface area contributed by atoms with Crippen LogP contribution in [0.3, 0.4) is 0 Å². The van der Waals surface area contributed by atoms with E-state index in [0.717, 1.165) is 6.42 Å². The minimum atomic E-state index is -0.787. The van der Waals surface area contributed by atoms with Crippen LogP contribution >= 0.6 is 0 Å². The molecule has 0 aliphatic heterocycles. The van der Waals surface area contributed by atoms with Crippen LogP contribution in [0, 0.1) is 11.7 Å². The van der Waals surface area contributed by atoms with E-state index in [1.54, 1.807) is 6.07 Å². The maximum Gasteiger partial charge on any atom is 0.253 e. The highest BCUT2D eigenvalue weighted by Crippen LogP contribution is 2.25. The number of primary amides is 1.